The molecule has 0 amide bonds. The van der Waals surface area contributed by atoms with Crippen LogP contribution in [0.15, 0.2) is 18.2 Å². The van der Waals surface area contributed by atoms with Gasteiger partial charge >= 0.3 is 0 Å². The largest absolute Gasteiger partial charge is 0.507 e. The number of hydrogen-bond acceptors (Lipinski definition) is 2. The molecule has 0 aliphatic rings. The van der Waals surface area contributed by atoms with E-state index in [4.69, 9.17) is 16.9 Å². The van der Waals surface area contributed by atoms with Crippen LogP contribution in [0.3, 0.4) is 0 Å². The van der Waals surface area contributed by atoms with Gasteiger partial charge in [0.05, 0.1) is 11.4 Å². The number of nitrogens with zero attached hydrogens (tertiary/aromatic N) is 1. The number of rotatable bonds is 0. The van der Waals surface area contributed by atoms with Crippen LogP contribution in [0.5, 0.6) is 5.75 Å². The van der Waals surface area contributed by atoms with Gasteiger partial charge in [0.25, 0.3) is 0 Å². The lowest BCUT2D eigenvalue weighted by atomic mass is 10.1. The number of halogens is 1. The molecule has 1 N–H and O–H groups in total. The fourth-order valence-corrected chi connectivity index (χ4v) is 0.906. The van der Waals surface area contributed by atoms with Gasteiger partial charge < -0.3 is 5.11 Å². The molecule has 0 fully saturated rings. The first kappa shape index (κ1) is 9.45. The number of hydrogen-bond donors (Lipinski definition) is 1. The van der Waals surface area contributed by atoms with Crippen molar-refractivity contribution < 1.29 is 5.11 Å². The smallest absolute Gasteiger partial charge is 0.134 e. The molecule has 0 spiro atoms. The van der Waals surface area contributed by atoms with Crippen molar-refractivity contribution in [3.8, 4) is 23.7 Å². The van der Waals surface area contributed by atoms with E-state index < -0.39 is 0 Å². The zero-order chi connectivity index (χ0) is 9.68. The van der Waals surface area contributed by atoms with Crippen molar-refractivity contribution in [1.82, 2.24) is 0 Å². The van der Waals surface area contributed by atoms with Gasteiger partial charge in [0, 0.05) is 5.56 Å². The zero-order valence-corrected chi connectivity index (χ0v) is 7.47. The highest BCUT2D eigenvalue weighted by atomic mass is 35.5. The SMILES string of the molecule is N#Cc1ccc(C#CCCl)cc1O. The van der Waals surface area contributed by atoms with Crippen LogP contribution in [0.4, 0.5) is 0 Å². The Morgan fingerprint density at radius 2 is 2.23 bits per heavy atom. The van der Waals surface area contributed by atoms with Gasteiger partial charge in [0.2, 0.25) is 0 Å². The summed E-state index contributed by atoms with van der Waals surface area (Å²) in [4.78, 5) is 0. The second-order valence-electron chi connectivity index (χ2n) is 2.28. The average molecular weight is 192 g/mol. The number of phenolic OH excluding ortho intramolecular Hbond substituents is 1. The standard InChI is InChI=1S/C10H6ClNO/c11-5-1-2-8-3-4-9(7-12)10(13)6-8/h3-4,6,13H,5H2. The summed E-state index contributed by atoms with van der Waals surface area (Å²) in [7, 11) is 0. The fourth-order valence-electron chi connectivity index (χ4n) is 0.839. The van der Waals surface area contributed by atoms with Crippen molar-refractivity contribution in [2.24, 2.45) is 0 Å². The molecule has 64 valence electrons. The Hall–Kier alpha value is -1.64. The van der Waals surface area contributed by atoms with E-state index in [0.717, 1.165) is 0 Å². The van der Waals surface area contributed by atoms with E-state index >= 15 is 0 Å². The minimum absolute atomic E-state index is 0.0520. The summed E-state index contributed by atoms with van der Waals surface area (Å²) >= 11 is 5.36. The second kappa shape index (κ2) is 4.40. The Morgan fingerprint density at radius 1 is 1.46 bits per heavy atom. The summed E-state index contributed by atoms with van der Waals surface area (Å²) in [5, 5.41) is 17.8. The van der Waals surface area contributed by atoms with Crippen LogP contribution in [-0.2, 0) is 0 Å². The van der Waals surface area contributed by atoms with Crippen LogP contribution < -0.4 is 0 Å². The van der Waals surface area contributed by atoms with E-state index in [1.165, 1.54) is 12.1 Å². The molecule has 1 aromatic rings. The Balaban J connectivity index is 3.04. The second-order valence-corrected chi connectivity index (χ2v) is 2.55. The summed E-state index contributed by atoms with van der Waals surface area (Å²) in [6, 6.07) is 6.48. The van der Waals surface area contributed by atoms with Crippen molar-refractivity contribution in [2.75, 3.05) is 5.88 Å². The molecule has 0 bridgehead atoms. The van der Waals surface area contributed by atoms with E-state index in [1.807, 2.05) is 6.07 Å². The van der Waals surface area contributed by atoms with E-state index in [0.29, 0.717) is 5.56 Å². The van der Waals surface area contributed by atoms with E-state index in [2.05, 4.69) is 11.8 Å². The monoisotopic (exact) mass is 191 g/mol. The summed E-state index contributed by atoms with van der Waals surface area (Å²) in [5.41, 5.74) is 0.897. The Kier molecular flexibility index (Phi) is 3.20. The number of nitriles is 1. The zero-order valence-electron chi connectivity index (χ0n) is 6.71. The number of phenols is 1. The molecule has 2 nitrogen and oxygen atoms in total. The third kappa shape index (κ3) is 2.40. The topological polar surface area (TPSA) is 44.0 Å². The van der Waals surface area contributed by atoms with Crippen molar-refractivity contribution in [3.63, 3.8) is 0 Å². The molecule has 0 aliphatic carbocycles. The maximum Gasteiger partial charge on any atom is 0.134 e. The van der Waals surface area contributed by atoms with Gasteiger partial charge in [-0.05, 0) is 18.2 Å². The predicted octanol–water partition coefficient (Wildman–Crippen LogP) is 1.85. The molecule has 1 rings (SSSR count). The molecule has 0 unspecified atom stereocenters. The molecule has 0 radical (unpaired) electrons. The molecule has 0 saturated heterocycles. The third-order valence-electron chi connectivity index (χ3n) is 1.42. The molecule has 13 heavy (non-hydrogen) atoms. The predicted molar refractivity (Wildman–Crippen MR) is 50.4 cm³/mol. The maximum atomic E-state index is 9.27. The molecule has 0 atom stereocenters. The van der Waals surface area contributed by atoms with Gasteiger partial charge in [-0.15, -0.1) is 11.6 Å². The molecule has 0 aliphatic heterocycles. The number of benzene rings is 1. The Labute approximate surface area is 81.4 Å². The third-order valence-corrected chi connectivity index (χ3v) is 1.55. The fraction of sp³-hybridized carbons (Fsp3) is 0.100. The van der Waals surface area contributed by atoms with Crippen LogP contribution in [0.25, 0.3) is 0 Å². The molecular formula is C10H6ClNO. The van der Waals surface area contributed by atoms with Gasteiger partial charge in [-0.25, -0.2) is 0 Å². The summed E-state index contributed by atoms with van der Waals surface area (Å²) in [6.07, 6.45) is 0. The van der Waals surface area contributed by atoms with Crippen molar-refractivity contribution >= 4 is 11.6 Å². The van der Waals surface area contributed by atoms with Gasteiger partial charge in [0.1, 0.15) is 11.8 Å². The average Bonchev–Trinajstić information content (AvgIpc) is 2.15. The van der Waals surface area contributed by atoms with E-state index in [1.54, 1.807) is 6.07 Å². The lowest BCUT2D eigenvalue weighted by Crippen LogP contribution is -1.79. The van der Waals surface area contributed by atoms with E-state index in [-0.39, 0.29) is 17.2 Å². The quantitative estimate of drug-likeness (QED) is 0.503. The van der Waals surface area contributed by atoms with Gasteiger partial charge in [-0.1, -0.05) is 11.8 Å². The first-order valence-corrected chi connectivity index (χ1v) is 4.09. The van der Waals surface area contributed by atoms with Crippen LogP contribution in [0, 0.1) is 23.2 Å². The molecule has 0 heterocycles. The van der Waals surface area contributed by atoms with Crippen LogP contribution in [0.2, 0.25) is 0 Å². The Bertz CT molecular complexity index is 409. The highest BCUT2D eigenvalue weighted by Gasteiger charge is 1.98. The summed E-state index contributed by atoms with van der Waals surface area (Å²) < 4.78 is 0. The number of alkyl halides is 1. The van der Waals surface area contributed by atoms with Gasteiger partial charge in [-0.3, -0.25) is 0 Å². The summed E-state index contributed by atoms with van der Waals surface area (Å²) in [5.74, 6) is 5.58. The van der Waals surface area contributed by atoms with Crippen molar-refractivity contribution in [2.45, 2.75) is 0 Å². The van der Waals surface area contributed by atoms with E-state index in [9.17, 15) is 5.11 Å². The first-order chi connectivity index (χ1) is 6.27. The molecule has 0 aromatic heterocycles. The molecule has 3 heteroatoms. The maximum absolute atomic E-state index is 9.27. The lowest BCUT2D eigenvalue weighted by Gasteiger charge is -1.95. The van der Waals surface area contributed by atoms with Crippen LogP contribution >= 0.6 is 11.6 Å². The first-order valence-electron chi connectivity index (χ1n) is 3.56. The molecule has 0 saturated carbocycles. The summed E-state index contributed by atoms with van der Waals surface area (Å²) in [6.45, 7) is 0. The normalized spacial score (nSPS) is 8.31. The van der Waals surface area contributed by atoms with Crippen molar-refractivity contribution in [1.29, 1.82) is 5.26 Å². The molecular weight excluding hydrogens is 186 g/mol. The highest BCUT2D eigenvalue weighted by Crippen LogP contribution is 2.16. The molecule has 1 aromatic carbocycles. The van der Waals surface area contributed by atoms with Gasteiger partial charge in [-0.2, -0.15) is 5.26 Å². The van der Waals surface area contributed by atoms with Gasteiger partial charge in [0.15, 0.2) is 0 Å². The lowest BCUT2D eigenvalue weighted by molar-refractivity contribution is 0.473. The minimum atomic E-state index is -0.0520. The van der Waals surface area contributed by atoms with Crippen LogP contribution in [-0.4, -0.2) is 11.0 Å². The Morgan fingerprint density at radius 3 is 2.77 bits per heavy atom. The van der Waals surface area contributed by atoms with Crippen LogP contribution in [0.1, 0.15) is 11.1 Å². The van der Waals surface area contributed by atoms with Crippen molar-refractivity contribution in [3.05, 3.63) is 29.3 Å². The highest BCUT2D eigenvalue weighted by molar-refractivity contribution is 6.19. The minimum Gasteiger partial charge on any atom is -0.507 e. The number of aromatic hydroxyl groups is 1.